The standard InChI is InChI=1S/C16H27NO8/c1-8(18)21-7-11-13(22-9(2)19)14(23-10(3)20)12(17)15(24-11)25-16(4,5)6/h11-15H,7,17H2,1-6H3/t11-,12-,13-,14-,15+/m1/s1. The Balaban J connectivity index is 3.11. The number of carbonyl (C=O) groups is 3. The number of rotatable bonds is 5. The lowest BCUT2D eigenvalue weighted by Crippen LogP contribution is -2.65. The second-order valence-corrected chi connectivity index (χ2v) is 6.80. The normalized spacial score (nSPS) is 29.6. The summed E-state index contributed by atoms with van der Waals surface area (Å²) >= 11 is 0. The fourth-order valence-corrected chi connectivity index (χ4v) is 2.39. The molecule has 1 rings (SSSR count). The number of hydrogen-bond donors (Lipinski definition) is 1. The van der Waals surface area contributed by atoms with Crippen LogP contribution in [0.1, 0.15) is 41.5 Å². The quantitative estimate of drug-likeness (QED) is 0.543. The Kier molecular flexibility index (Phi) is 7.33. The Morgan fingerprint density at radius 1 is 0.960 bits per heavy atom. The van der Waals surface area contributed by atoms with E-state index in [9.17, 15) is 14.4 Å². The van der Waals surface area contributed by atoms with Crippen LogP contribution in [0.3, 0.4) is 0 Å². The molecule has 1 aliphatic rings. The first-order chi connectivity index (χ1) is 11.4. The molecule has 0 aromatic carbocycles. The molecular formula is C16H27NO8. The summed E-state index contributed by atoms with van der Waals surface area (Å²) < 4.78 is 27.0. The molecule has 0 saturated carbocycles. The first kappa shape index (κ1) is 21.3. The van der Waals surface area contributed by atoms with Crippen LogP contribution in [0.2, 0.25) is 0 Å². The van der Waals surface area contributed by atoms with Crippen LogP contribution in [-0.4, -0.2) is 60.8 Å². The van der Waals surface area contributed by atoms with E-state index in [-0.39, 0.29) is 6.61 Å². The highest BCUT2D eigenvalue weighted by Gasteiger charge is 2.50. The minimum Gasteiger partial charge on any atom is -0.463 e. The van der Waals surface area contributed by atoms with E-state index in [2.05, 4.69) is 0 Å². The van der Waals surface area contributed by atoms with Crippen LogP contribution in [0.15, 0.2) is 0 Å². The number of esters is 3. The van der Waals surface area contributed by atoms with Gasteiger partial charge in [-0.05, 0) is 20.8 Å². The van der Waals surface area contributed by atoms with Gasteiger partial charge in [0, 0.05) is 20.8 Å². The molecule has 9 nitrogen and oxygen atoms in total. The highest BCUT2D eigenvalue weighted by atomic mass is 16.7. The maximum atomic E-state index is 11.5. The maximum absolute atomic E-state index is 11.5. The topological polar surface area (TPSA) is 123 Å². The first-order valence-corrected chi connectivity index (χ1v) is 7.97. The third-order valence-corrected chi connectivity index (χ3v) is 3.22. The average molecular weight is 361 g/mol. The van der Waals surface area contributed by atoms with Gasteiger partial charge in [-0.25, -0.2) is 0 Å². The summed E-state index contributed by atoms with van der Waals surface area (Å²) in [6.07, 6.45) is -3.89. The molecule has 0 aromatic rings. The molecule has 1 heterocycles. The Labute approximate surface area is 147 Å². The lowest BCUT2D eigenvalue weighted by Gasteiger charge is -2.45. The van der Waals surface area contributed by atoms with Crippen molar-refractivity contribution in [3.8, 4) is 0 Å². The Morgan fingerprint density at radius 3 is 1.92 bits per heavy atom. The van der Waals surface area contributed by atoms with Gasteiger partial charge in [-0.2, -0.15) is 0 Å². The van der Waals surface area contributed by atoms with E-state index >= 15 is 0 Å². The van der Waals surface area contributed by atoms with Gasteiger partial charge in [0.15, 0.2) is 18.5 Å². The van der Waals surface area contributed by atoms with Gasteiger partial charge in [0.2, 0.25) is 0 Å². The van der Waals surface area contributed by atoms with E-state index in [0.29, 0.717) is 0 Å². The zero-order chi connectivity index (χ0) is 19.4. The lowest BCUT2D eigenvalue weighted by atomic mass is 9.96. The van der Waals surface area contributed by atoms with Gasteiger partial charge in [0.05, 0.1) is 11.6 Å². The summed E-state index contributed by atoms with van der Waals surface area (Å²) in [5.74, 6) is -1.74. The van der Waals surface area contributed by atoms with Crippen molar-refractivity contribution in [3.05, 3.63) is 0 Å². The molecule has 0 spiro atoms. The summed E-state index contributed by atoms with van der Waals surface area (Å²) in [4.78, 5) is 34.0. The van der Waals surface area contributed by atoms with Crippen molar-refractivity contribution in [1.82, 2.24) is 0 Å². The lowest BCUT2D eigenvalue weighted by molar-refractivity contribution is -0.293. The monoisotopic (exact) mass is 361 g/mol. The van der Waals surface area contributed by atoms with Crippen LogP contribution in [0, 0.1) is 0 Å². The van der Waals surface area contributed by atoms with Crippen LogP contribution >= 0.6 is 0 Å². The highest BCUT2D eigenvalue weighted by molar-refractivity contribution is 5.67. The van der Waals surface area contributed by atoms with E-state index in [4.69, 9.17) is 29.4 Å². The van der Waals surface area contributed by atoms with Gasteiger partial charge in [-0.3, -0.25) is 14.4 Å². The average Bonchev–Trinajstić information content (AvgIpc) is 2.42. The molecule has 0 aromatic heterocycles. The highest BCUT2D eigenvalue weighted by Crippen LogP contribution is 2.28. The van der Waals surface area contributed by atoms with E-state index in [1.807, 2.05) is 20.8 Å². The van der Waals surface area contributed by atoms with Crippen molar-refractivity contribution >= 4 is 17.9 Å². The van der Waals surface area contributed by atoms with Crippen molar-refractivity contribution in [2.45, 2.75) is 77.8 Å². The Hall–Kier alpha value is -1.71. The van der Waals surface area contributed by atoms with Crippen molar-refractivity contribution in [1.29, 1.82) is 0 Å². The summed E-state index contributed by atoms with van der Waals surface area (Å²) in [6, 6.07) is -0.902. The first-order valence-electron chi connectivity index (χ1n) is 7.97. The minimum absolute atomic E-state index is 0.207. The van der Waals surface area contributed by atoms with E-state index < -0.39 is 54.2 Å². The summed E-state index contributed by atoms with van der Waals surface area (Å²) in [6.45, 7) is 8.88. The molecule has 25 heavy (non-hydrogen) atoms. The molecular weight excluding hydrogens is 334 g/mol. The third kappa shape index (κ3) is 6.97. The third-order valence-electron chi connectivity index (χ3n) is 3.22. The zero-order valence-corrected chi connectivity index (χ0v) is 15.4. The molecule has 1 saturated heterocycles. The van der Waals surface area contributed by atoms with Crippen molar-refractivity contribution in [2.75, 3.05) is 6.61 Å². The molecule has 2 N–H and O–H groups in total. The van der Waals surface area contributed by atoms with Crippen molar-refractivity contribution < 1.29 is 38.1 Å². The van der Waals surface area contributed by atoms with Crippen LogP contribution in [0.4, 0.5) is 0 Å². The van der Waals surface area contributed by atoms with Crippen LogP contribution in [0.25, 0.3) is 0 Å². The Morgan fingerprint density at radius 2 is 1.48 bits per heavy atom. The maximum Gasteiger partial charge on any atom is 0.303 e. The number of carbonyl (C=O) groups excluding carboxylic acids is 3. The second-order valence-electron chi connectivity index (χ2n) is 6.80. The molecule has 1 fully saturated rings. The van der Waals surface area contributed by atoms with E-state index in [1.165, 1.54) is 20.8 Å². The van der Waals surface area contributed by atoms with E-state index in [0.717, 1.165) is 0 Å². The molecule has 5 atom stereocenters. The molecule has 9 heteroatoms. The summed E-state index contributed by atoms with van der Waals surface area (Å²) in [7, 11) is 0. The number of ether oxygens (including phenoxy) is 5. The molecule has 144 valence electrons. The van der Waals surface area contributed by atoms with Crippen molar-refractivity contribution in [2.24, 2.45) is 5.73 Å². The second kappa shape index (κ2) is 8.59. The predicted molar refractivity (Wildman–Crippen MR) is 85.2 cm³/mol. The molecule has 0 amide bonds. The summed E-state index contributed by atoms with van der Waals surface area (Å²) in [5.41, 5.74) is 5.54. The fraction of sp³-hybridized carbons (Fsp3) is 0.812. The molecule has 0 radical (unpaired) electrons. The van der Waals surface area contributed by atoms with Gasteiger partial charge >= 0.3 is 17.9 Å². The number of nitrogens with two attached hydrogens (primary N) is 1. The minimum atomic E-state index is -1.03. The molecule has 1 aliphatic heterocycles. The van der Waals surface area contributed by atoms with Gasteiger partial charge in [-0.1, -0.05) is 0 Å². The predicted octanol–water partition coefficient (Wildman–Crippen LogP) is 0.280. The van der Waals surface area contributed by atoms with Crippen LogP contribution < -0.4 is 5.73 Å². The van der Waals surface area contributed by atoms with Crippen LogP contribution in [0.5, 0.6) is 0 Å². The molecule has 0 unspecified atom stereocenters. The van der Waals surface area contributed by atoms with Gasteiger partial charge in [0.25, 0.3) is 0 Å². The van der Waals surface area contributed by atoms with Gasteiger partial charge < -0.3 is 29.4 Å². The van der Waals surface area contributed by atoms with E-state index in [1.54, 1.807) is 0 Å². The van der Waals surface area contributed by atoms with Crippen LogP contribution in [-0.2, 0) is 38.1 Å². The molecule has 0 aliphatic carbocycles. The number of hydrogen-bond acceptors (Lipinski definition) is 9. The van der Waals surface area contributed by atoms with Gasteiger partial charge in [0.1, 0.15) is 12.7 Å². The Bertz CT molecular complexity index is 501. The molecule has 0 bridgehead atoms. The SMILES string of the molecule is CC(=O)OC[C@H]1O[C@@H](OC(C)(C)C)[C@H](N)[C@@H](OC(C)=O)[C@@H]1OC(C)=O. The van der Waals surface area contributed by atoms with Crippen molar-refractivity contribution in [3.63, 3.8) is 0 Å². The zero-order valence-electron chi connectivity index (χ0n) is 15.4. The smallest absolute Gasteiger partial charge is 0.303 e. The largest absolute Gasteiger partial charge is 0.463 e. The van der Waals surface area contributed by atoms with Gasteiger partial charge in [-0.15, -0.1) is 0 Å². The fourth-order valence-electron chi connectivity index (χ4n) is 2.39. The summed E-state index contributed by atoms with van der Waals surface area (Å²) in [5, 5.41) is 0.